The van der Waals surface area contributed by atoms with Gasteiger partial charge in [-0.05, 0) is 22.6 Å². The molecule has 0 saturated carbocycles. The number of hydrogen-bond donors (Lipinski definition) is 2. The van der Waals surface area contributed by atoms with Crippen LogP contribution in [0.4, 0.5) is 0 Å². The Kier molecular flexibility index (Phi) is 2.61. The van der Waals surface area contributed by atoms with Gasteiger partial charge >= 0.3 is 0 Å². The summed E-state index contributed by atoms with van der Waals surface area (Å²) in [6.45, 7) is -0.0184. The van der Waals surface area contributed by atoms with E-state index in [-0.39, 0.29) is 6.61 Å². The lowest BCUT2D eigenvalue weighted by molar-refractivity contribution is 0.277. The summed E-state index contributed by atoms with van der Waals surface area (Å²) in [6, 6.07) is 0. The Morgan fingerprint density at radius 1 is 1.46 bits per heavy atom. The molecule has 0 aliphatic rings. The van der Waals surface area contributed by atoms with Crippen molar-refractivity contribution in [2.24, 2.45) is 0 Å². The Labute approximate surface area is 92.2 Å². The maximum atomic E-state index is 8.81. The Balaban J connectivity index is 2.35. The van der Waals surface area contributed by atoms with Crippen molar-refractivity contribution in [3.8, 4) is 10.8 Å². The van der Waals surface area contributed by atoms with E-state index in [1.807, 2.05) is 0 Å². The molecular formula is C7H6IN3OS. The molecule has 6 heteroatoms. The predicted molar refractivity (Wildman–Crippen MR) is 58.3 cm³/mol. The van der Waals surface area contributed by atoms with Crippen molar-refractivity contribution in [3.63, 3.8) is 0 Å². The SMILES string of the molecule is OCc1cnc(-c2ncc(I)s2)[nH]1. The predicted octanol–water partition coefficient (Wildman–Crippen LogP) is 1.63. The van der Waals surface area contributed by atoms with Crippen LogP contribution in [0.5, 0.6) is 0 Å². The standard InChI is InChI=1S/C7H6IN3OS/c8-5-2-10-7(13-5)6-9-1-4(3-12)11-6/h1-2,12H,3H2,(H,9,11). The summed E-state index contributed by atoms with van der Waals surface area (Å²) in [4.78, 5) is 11.2. The number of aromatic nitrogens is 3. The van der Waals surface area contributed by atoms with E-state index in [0.29, 0.717) is 5.69 Å². The van der Waals surface area contributed by atoms with Crippen LogP contribution in [-0.2, 0) is 6.61 Å². The summed E-state index contributed by atoms with van der Waals surface area (Å²) in [6.07, 6.45) is 3.41. The fourth-order valence-electron chi connectivity index (χ4n) is 0.912. The van der Waals surface area contributed by atoms with Gasteiger partial charge in [0, 0.05) is 0 Å². The van der Waals surface area contributed by atoms with Crippen LogP contribution in [0.1, 0.15) is 5.69 Å². The number of rotatable bonds is 2. The Bertz CT molecular complexity index is 411. The van der Waals surface area contributed by atoms with E-state index in [2.05, 4.69) is 37.5 Å². The molecule has 0 unspecified atom stereocenters. The number of nitrogens with zero attached hydrogens (tertiary/aromatic N) is 2. The minimum absolute atomic E-state index is 0.0184. The van der Waals surface area contributed by atoms with Crippen molar-refractivity contribution in [1.82, 2.24) is 15.0 Å². The van der Waals surface area contributed by atoms with Gasteiger partial charge < -0.3 is 10.1 Å². The van der Waals surface area contributed by atoms with Crippen molar-refractivity contribution in [2.75, 3.05) is 0 Å². The van der Waals surface area contributed by atoms with E-state index in [0.717, 1.165) is 13.7 Å². The maximum absolute atomic E-state index is 8.81. The molecule has 0 spiro atoms. The average molecular weight is 307 g/mol. The largest absolute Gasteiger partial charge is 0.390 e. The molecule has 68 valence electrons. The lowest BCUT2D eigenvalue weighted by Crippen LogP contribution is -1.82. The topological polar surface area (TPSA) is 61.8 Å². The number of imidazole rings is 1. The van der Waals surface area contributed by atoms with Gasteiger partial charge in [0.25, 0.3) is 0 Å². The number of aromatic amines is 1. The van der Waals surface area contributed by atoms with Gasteiger partial charge in [0.05, 0.1) is 27.6 Å². The van der Waals surface area contributed by atoms with Gasteiger partial charge in [0.15, 0.2) is 10.8 Å². The highest BCUT2D eigenvalue weighted by Crippen LogP contribution is 2.23. The van der Waals surface area contributed by atoms with Crippen molar-refractivity contribution in [1.29, 1.82) is 0 Å². The highest BCUT2D eigenvalue weighted by Gasteiger charge is 2.06. The quantitative estimate of drug-likeness (QED) is 0.829. The minimum atomic E-state index is -0.0184. The first-order valence-corrected chi connectivity index (χ1v) is 5.45. The normalized spacial score (nSPS) is 10.6. The number of aliphatic hydroxyl groups excluding tert-OH is 1. The second-order valence-corrected chi connectivity index (χ2v) is 5.31. The van der Waals surface area contributed by atoms with E-state index in [9.17, 15) is 0 Å². The van der Waals surface area contributed by atoms with E-state index in [4.69, 9.17) is 5.11 Å². The molecule has 2 aromatic rings. The lowest BCUT2D eigenvalue weighted by atomic mass is 10.5. The third kappa shape index (κ3) is 1.89. The molecule has 2 heterocycles. The number of hydrogen-bond acceptors (Lipinski definition) is 4. The number of aliphatic hydroxyl groups is 1. The fraction of sp³-hybridized carbons (Fsp3) is 0.143. The smallest absolute Gasteiger partial charge is 0.166 e. The molecule has 0 amide bonds. The van der Waals surface area contributed by atoms with Gasteiger partial charge in [-0.3, -0.25) is 0 Å². The second-order valence-electron chi connectivity index (χ2n) is 2.38. The molecule has 0 aliphatic heterocycles. The van der Waals surface area contributed by atoms with Crippen LogP contribution in [0.15, 0.2) is 12.4 Å². The van der Waals surface area contributed by atoms with Crippen LogP contribution < -0.4 is 0 Å². The first-order valence-electron chi connectivity index (χ1n) is 3.56. The number of H-pyrrole nitrogens is 1. The van der Waals surface area contributed by atoms with Crippen molar-refractivity contribution in [3.05, 3.63) is 21.0 Å². The molecule has 0 saturated heterocycles. The lowest BCUT2D eigenvalue weighted by Gasteiger charge is -1.87. The van der Waals surface area contributed by atoms with Gasteiger partial charge in [-0.25, -0.2) is 9.97 Å². The molecule has 0 radical (unpaired) electrons. The third-order valence-electron chi connectivity index (χ3n) is 1.48. The maximum Gasteiger partial charge on any atom is 0.166 e. The molecule has 2 rings (SSSR count). The molecule has 0 fully saturated rings. The van der Waals surface area contributed by atoms with Crippen LogP contribution in [0.2, 0.25) is 0 Å². The van der Waals surface area contributed by atoms with E-state index < -0.39 is 0 Å². The molecule has 4 nitrogen and oxygen atoms in total. The van der Waals surface area contributed by atoms with Gasteiger partial charge in [0.2, 0.25) is 0 Å². The summed E-state index contributed by atoms with van der Waals surface area (Å²) in [5.41, 5.74) is 0.709. The van der Waals surface area contributed by atoms with E-state index >= 15 is 0 Å². The van der Waals surface area contributed by atoms with Gasteiger partial charge in [0.1, 0.15) is 0 Å². The Hall–Kier alpha value is -0.470. The molecule has 0 bridgehead atoms. The van der Waals surface area contributed by atoms with Crippen LogP contribution in [0.25, 0.3) is 10.8 Å². The van der Waals surface area contributed by atoms with Crippen molar-refractivity contribution < 1.29 is 5.11 Å². The summed E-state index contributed by atoms with van der Waals surface area (Å²) < 4.78 is 1.12. The number of halogens is 1. The average Bonchev–Trinajstić information content (AvgIpc) is 2.71. The Morgan fingerprint density at radius 3 is 2.85 bits per heavy atom. The number of nitrogens with one attached hydrogen (secondary N) is 1. The molecule has 2 aromatic heterocycles. The fourth-order valence-corrected chi connectivity index (χ4v) is 2.27. The zero-order valence-corrected chi connectivity index (χ0v) is 9.46. The van der Waals surface area contributed by atoms with Gasteiger partial charge in [-0.1, -0.05) is 0 Å². The number of thiazole rings is 1. The van der Waals surface area contributed by atoms with Crippen molar-refractivity contribution in [2.45, 2.75) is 6.61 Å². The van der Waals surface area contributed by atoms with E-state index in [1.165, 1.54) is 0 Å². The van der Waals surface area contributed by atoms with E-state index in [1.54, 1.807) is 23.7 Å². The first-order chi connectivity index (χ1) is 6.29. The zero-order chi connectivity index (χ0) is 9.26. The summed E-state index contributed by atoms with van der Waals surface area (Å²) in [5.74, 6) is 0.719. The van der Waals surface area contributed by atoms with Gasteiger partial charge in [-0.15, -0.1) is 11.3 Å². The summed E-state index contributed by atoms with van der Waals surface area (Å²) in [7, 11) is 0. The molecule has 13 heavy (non-hydrogen) atoms. The van der Waals surface area contributed by atoms with Crippen LogP contribution in [0, 0.1) is 2.88 Å². The highest BCUT2D eigenvalue weighted by atomic mass is 127. The molecule has 0 atom stereocenters. The Morgan fingerprint density at radius 2 is 2.31 bits per heavy atom. The minimum Gasteiger partial charge on any atom is -0.390 e. The summed E-state index contributed by atoms with van der Waals surface area (Å²) in [5, 5.41) is 9.66. The zero-order valence-electron chi connectivity index (χ0n) is 6.49. The van der Waals surface area contributed by atoms with Gasteiger partial charge in [-0.2, -0.15) is 0 Å². The van der Waals surface area contributed by atoms with Crippen molar-refractivity contribution >= 4 is 33.9 Å². The third-order valence-corrected chi connectivity index (χ3v) is 3.21. The highest BCUT2D eigenvalue weighted by molar-refractivity contribution is 14.1. The molecule has 0 aliphatic carbocycles. The molecule has 2 N–H and O–H groups in total. The first kappa shape index (κ1) is 9.10. The molecular weight excluding hydrogens is 301 g/mol. The van der Waals surface area contributed by atoms with Crippen LogP contribution in [-0.4, -0.2) is 20.1 Å². The second kappa shape index (κ2) is 3.72. The summed E-state index contributed by atoms with van der Waals surface area (Å²) >= 11 is 3.77. The van der Waals surface area contributed by atoms with Crippen LogP contribution >= 0.6 is 33.9 Å². The monoisotopic (exact) mass is 307 g/mol. The van der Waals surface area contributed by atoms with Crippen LogP contribution in [0.3, 0.4) is 0 Å². The molecule has 0 aromatic carbocycles.